The summed E-state index contributed by atoms with van der Waals surface area (Å²) in [6.07, 6.45) is 5.13. The number of cyclic esters (lactones) is 1. The standard InChI is InChI=1S/C17H21NO2/c1-12(2)14-9-6-10-15-17(19)20-11-16(18(14)15)13-7-4-3-5-8-13/h3-9,12,14-16H,10-11H2,1-2H3/t14-,15-,16+/m0/s1. The highest BCUT2D eigenvalue weighted by molar-refractivity contribution is 5.77. The summed E-state index contributed by atoms with van der Waals surface area (Å²) in [6, 6.07) is 10.7. The second-order valence-corrected chi connectivity index (χ2v) is 5.92. The Bertz CT molecular complexity index is 509. The Balaban J connectivity index is 1.98. The number of esters is 1. The largest absolute Gasteiger partial charge is 0.462 e. The first-order valence-corrected chi connectivity index (χ1v) is 7.34. The van der Waals surface area contributed by atoms with Gasteiger partial charge in [0.15, 0.2) is 0 Å². The van der Waals surface area contributed by atoms with Gasteiger partial charge in [-0.25, -0.2) is 0 Å². The number of carbonyl (C=O) groups excluding carboxylic acids is 1. The van der Waals surface area contributed by atoms with E-state index in [4.69, 9.17) is 4.74 Å². The summed E-state index contributed by atoms with van der Waals surface area (Å²) < 4.78 is 5.43. The highest BCUT2D eigenvalue weighted by Gasteiger charge is 2.43. The number of hydrogen-bond donors (Lipinski definition) is 0. The molecule has 0 amide bonds. The third kappa shape index (κ3) is 2.27. The van der Waals surface area contributed by atoms with Crippen LogP contribution in [0.4, 0.5) is 0 Å². The fourth-order valence-electron chi connectivity index (χ4n) is 3.27. The SMILES string of the molecule is CC(C)[C@@H]1C=CC[C@H]2C(=O)OC[C@H](c3ccccc3)N21. The topological polar surface area (TPSA) is 29.5 Å². The van der Waals surface area contributed by atoms with Crippen molar-refractivity contribution in [3.8, 4) is 0 Å². The number of hydrogen-bond acceptors (Lipinski definition) is 3. The molecule has 2 aliphatic rings. The Hall–Kier alpha value is -1.61. The molecule has 0 unspecified atom stereocenters. The molecule has 1 fully saturated rings. The summed E-state index contributed by atoms with van der Waals surface area (Å²) in [4.78, 5) is 14.4. The van der Waals surface area contributed by atoms with Crippen LogP contribution < -0.4 is 0 Å². The van der Waals surface area contributed by atoms with Crippen molar-refractivity contribution >= 4 is 5.97 Å². The highest BCUT2D eigenvalue weighted by Crippen LogP contribution is 2.36. The number of morpholine rings is 1. The Morgan fingerprint density at radius 2 is 1.95 bits per heavy atom. The maximum atomic E-state index is 12.1. The lowest BCUT2D eigenvalue weighted by Crippen LogP contribution is -2.56. The Labute approximate surface area is 120 Å². The molecule has 0 N–H and O–H groups in total. The Kier molecular flexibility index (Phi) is 3.62. The number of ether oxygens (including phenoxy) is 1. The van der Waals surface area contributed by atoms with Gasteiger partial charge in [0, 0.05) is 6.04 Å². The molecular formula is C17H21NO2. The number of carbonyl (C=O) groups is 1. The monoisotopic (exact) mass is 271 g/mol. The molecule has 20 heavy (non-hydrogen) atoms. The maximum Gasteiger partial charge on any atom is 0.323 e. The molecule has 1 aromatic rings. The highest BCUT2D eigenvalue weighted by atomic mass is 16.5. The van der Waals surface area contributed by atoms with Crippen LogP contribution in [-0.2, 0) is 9.53 Å². The lowest BCUT2D eigenvalue weighted by atomic mass is 9.89. The van der Waals surface area contributed by atoms with Crippen molar-refractivity contribution in [2.75, 3.05) is 6.61 Å². The third-order valence-electron chi connectivity index (χ3n) is 4.28. The minimum atomic E-state index is -0.133. The van der Waals surface area contributed by atoms with Crippen LogP contribution in [0.25, 0.3) is 0 Å². The van der Waals surface area contributed by atoms with Crippen molar-refractivity contribution in [3.05, 3.63) is 48.0 Å². The van der Waals surface area contributed by atoms with Crippen LogP contribution >= 0.6 is 0 Å². The molecule has 3 rings (SSSR count). The minimum absolute atomic E-state index is 0.0767. The van der Waals surface area contributed by atoms with Gasteiger partial charge in [0.1, 0.15) is 12.6 Å². The van der Waals surface area contributed by atoms with Gasteiger partial charge in [-0.05, 0) is 17.9 Å². The van der Waals surface area contributed by atoms with Gasteiger partial charge in [0.05, 0.1) is 6.04 Å². The molecule has 0 saturated carbocycles. The predicted octanol–water partition coefficient (Wildman–Crippen LogP) is 2.94. The molecule has 1 saturated heterocycles. The van der Waals surface area contributed by atoms with E-state index in [-0.39, 0.29) is 18.1 Å². The quantitative estimate of drug-likeness (QED) is 0.612. The normalized spacial score (nSPS) is 30.1. The van der Waals surface area contributed by atoms with Crippen molar-refractivity contribution in [1.29, 1.82) is 0 Å². The minimum Gasteiger partial charge on any atom is -0.462 e. The summed E-state index contributed by atoms with van der Waals surface area (Å²) in [6.45, 7) is 4.87. The van der Waals surface area contributed by atoms with Crippen LogP contribution in [0.2, 0.25) is 0 Å². The first-order valence-electron chi connectivity index (χ1n) is 7.34. The molecule has 0 bridgehead atoms. The molecule has 3 atom stereocenters. The summed E-state index contributed by atoms with van der Waals surface area (Å²) >= 11 is 0. The number of fused-ring (bicyclic) bond motifs is 1. The third-order valence-corrected chi connectivity index (χ3v) is 4.28. The average molecular weight is 271 g/mol. The predicted molar refractivity (Wildman–Crippen MR) is 78.2 cm³/mol. The fourth-order valence-corrected chi connectivity index (χ4v) is 3.27. The van der Waals surface area contributed by atoms with E-state index in [0.717, 1.165) is 6.42 Å². The van der Waals surface area contributed by atoms with E-state index < -0.39 is 0 Å². The van der Waals surface area contributed by atoms with Gasteiger partial charge in [0.2, 0.25) is 0 Å². The smallest absolute Gasteiger partial charge is 0.323 e. The maximum absolute atomic E-state index is 12.1. The molecular weight excluding hydrogens is 250 g/mol. The van der Waals surface area contributed by atoms with Crippen molar-refractivity contribution in [2.45, 2.75) is 38.4 Å². The molecule has 0 radical (unpaired) electrons. The summed E-state index contributed by atoms with van der Waals surface area (Å²) in [5.41, 5.74) is 1.23. The first kappa shape index (κ1) is 13.4. The van der Waals surface area contributed by atoms with Crippen LogP contribution in [-0.4, -0.2) is 29.6 Å². The van der Waals surface area contributed by atoms with Gasteiger partial charge in [-0.1, -0.05) is 56.3 Å². The lowest BCUT2D eigenvalue weighted by Gasteiger charge is -2.47. The van der Waals surface area contributed by atoms with Crippen LogP contribution in [0.5, 0.6) is 0 Å². The molecule has 3 heteroatoms. The summed E-state index contributed by atoms with van der Waals surface area (Å²) in [7, 11) is 0. The second-order valence-electron chi connectivity index (χ2n) is 5.92. The second kappa shape index (κ2) is 5.41. The van der Waals surface area contributed by atoms with E-state index >= 15 is 0 Å². The van der Waals surface area contributed by atoms with E-state index in [2.05, 4.69) is 43.0 Å². The van der Waals surface area contributed by atoms with Gasteiger partial charge in [-0.2, -0.15) is 0 Å². The van der Waals surface area contributed by atoms with Crippen molar-refractivity contribution < 1.29 is 9.53 Å². The van der Waals surface area contributed by atoms with Gasteiger partial charge >= 0.3 is 5.97 Å². The zero-order valence-electron chi connectivity index (χ0n) is 12.0. The summed E-state index contributed by atoms with van der Waals surface area (Å²) in [5.74, 6) is 0.401. The average Bonchev–Trinajstić information content (AvgIpc) is 2.48. The van der Waals surface area contributed by atoms with Gasteiger partial charge < -0.3 is 4.74 Å². The first-order chi connectivity index (χ1) is 9.68. The zero-order chi connectivity index (χ0) is 14.1. The zero-order valence-corrected chi connectivity index (χ0v) is 12.0. The van der Waals surface area contributed by atoms with Crippen molar-refractivity contribution in [1.82, 2.24) is 4.90 Å². The summed E-state index contributed by atoms with van der Waals surface area (Å²) in [5, 5.41) is 0. The molecule has 0 aliphatic carbocycles. The van der Waals surface area contributed by atoms with Crippen LogP contribution in [0.3, 0.4) is 0 Å². The van der Waals surface area contributed by atoms with Crippen molar-refractivity contribution in [2.24, 2.45) is 5.92 Å². The van der Waals surface area contributed by atoms with E-state index in [9.17, 15) is 4.79 Å². The fraction of sp³-hybridized carbons (Fsp3) is 0.471. The van der Waals surface area contributed by atoms with E-state index in [0.29, 0.717) is 18.6 Å². The van der Waals surface area contributed by atoms with Crippen LogP contribution in [0, 0.1) is 5.92 Å². The number of rotatable bonds is 2. The van der Waals surface area contributed by atoms with Crippen LogP contribution in [0.15, 0.2) is 42.5 Å². The molecule has 1 aromatic carbocycles. The lowest BCUT2D eigenvalue weighted by molar-refractivity contribution is -0.166. The van der Waals surface area contributed by atoms with Crippen LogP contribution in [0.1, 0.15) is 31.9 Å². The molecule has 2 aliphatic heterocycles. The Morgan fingerprint density at radius 1 is 1.20 bits per heavy atom. The van der Waals surface area contributed by atoms with E-state index in [1.54, 1.807) is 0 Å². The molecule has 106 valence electrons. The van der Waals surface area contributed by atoms with Gasteiger partial charge in [0.25, 0.3) is 0 Å². The van der Waals surface area contributed by atoms with E-state index in [1.807, 2.05) is 18.2 Å². The number of benzene rings is 1. The van der Waals surface area contributed by atoms with E-state index in [1.165, 1.54) is 5.56 Å². The molecule has 0 aromatic heterocycles. The van der Waals surface area contributed by atoms with Crippen molar-refractivity contribution in [3.63, 3.8) is 0 Å². The van der Waals surface area contributed by atoms with Gasteiger partial charge in [-0.15, -0.1) is 0 Å². The molecule has 2 heterocycles. The molecule has 3 nitrogen and oxygen atoms in total. The Morgan fingerprint density at radius 3 is 2.65 bits per heavy atom. The number of nitrogens with zero attached hydrogens (tertiary/aromatic N) is 1. The molecule has 0 spiro atoms. The van der Waals surface area contributed by atoms with Gasteiger partial charge in [-0.3, -0.25) is 9.69 Å².